The Balaban J connectivity index is 1.76. The van der Waals surface area contributed by atoms with Gasteiger partial charge in [0.05, 0.1) is 5.69 Å². The van der Waals surface area contributed by atoms with Crippen molar-refractivity contribution in [3.63, 3.8) is 0 Å². The first-order valence-corrected chi connectivity index (χ1v) is 6.12. The van der Waals surface area contributed by atoms with E-state index < -0.39 is 0 Å². The topological polar surface area (TPSA) is 24.9 Å². The van der Waals surface area contributed by atoms with Gasteiger partial charge >= 0.3 is 0 Å². The molecule has 0 saturated carbocycles. The second-order valence-corrected chi connectivity index (χ2v) is 4.33. The highest BCUT2D eigenvalue weighted by Crippen LogP contribution is 2.03. The molecular formula is C15H17FN2. The number of benzene rings is 1. The summed E-state index contributed by atoms with van der Waals surface area (Å²) in [6.45, 7) is 3.55. The van der Waals surface area contributed by atoms with Gasteiger partial charge in [0.15, 0.2) is 0 Å². The van der Waals surface area contributed by atoms with Crippen LogP contribution < -0.4 is 5.32 Å². The minimum absolute atomic E-state index is 0.173. The van der Waals surface area contributed by atoms with E-state index in [2.05, 4.69) is 10.3 Å². The molecule has 1 N–H and O–H groups in total. The maximum absolute atomic E-state index is 13.0. The first-order valence-electron chi connectivity index (χ1n) is 6.12. The van der Waals surface area contributed by atoms with Gasteiger partial charge in [-0.25, -0.2) is 4.39 Å². The van der Waals surface area contributed by atoms with Gasteiger partial charge in [-0.3, -0.25) is 4.98 Å². The van der Waals surface area contributed by atoms with E-state index in [9.17, 15) is 4.39 Å². The summed E-state index contributed by atoms with van der Waals surface area (Å²) in [7, 11) is 0. The van der Waals surface area contributed by atoms with Crippen LogP contribution >= 0.6 is 0 Å². The Hall–Kier alpha value is -1.74. The molecule has 0 saturated heterocycles. The smallest absolute Gasteiger partial charge is 0.123 e. The number of halogens is 1. The summed E-state index contributed by atoms with van der Waals surface area (Å²) in [4.78, 5) is 4.41. The molecule has 3 heteroatoms. The Morgan fingerprint density at radius 3 is 2.78 bits per heavy atom. The molecule has 94 valence electrons. The maximum atomic E-state index is 13.0. The molecule has 2 nitrogen and oxygen atoms in total. The van der Waals surface area contributed by atoms with Gasteiger partial charge in [-0.2, -0.15) is 0 Å². The highest BCUT2D eigenvalue weighted by atomic mass is 19.1. The van der Waals surface area contributed by atoms with Crippen molar-refractivity contribution < 1.29 is 4.39 Å². The largest absolute Gasteiger partial charge is 0.311 e. The van der Waals surface area contributed by atoms with E-state index in [4.69, 9.17) is 0 Å². The Labute approximate surface area is 107 Å². The predicted molar refractivity (Wildman–Crippen MR) is 70.8 cm³/mol. The number of pyridine rings is 1. The van der Waals surface area contributed by atoms with Crippen molar-refractivity contribution in [2.75, 3.05) is 6.54 Å². The van der Waals surface area contributed by atoms with Crippen molar-refractivity contribution in [3.8, 4) is 0 Å². The maximum Gasteiger partial charge on any atom is 0.123 e. The number of aryl methyl sites for hydroxylation is 1. The molecular weight excluding hydrogens is 227 g/mol. The molecule has 1 aromatic heterocycles. The lowest BCUT2D eigenvalue weighted by atomic mass is 10.1. The molecule has 0 radical (unpaired) electrons. The monoisotopic (exact) mass is 244 g/mol. The Kier molecular flexibility index (Phi) is 4.42. The van der Waals surface area contributed by atoms with Crippen LogP contribution in [0, 0.1) is 12.7 Å². The first-order chi connectivity index (χ1) is 8.74. The Morgan fingerprint density at radius 1 is 1.17 bits per heavy atom. The summed E-state index contributed by atoms with van der Waals surface area (Å²) in [6, 6.07) is 12.7. The SMILES string of the molecule is Cc1cccc(CNCCc2cccc(F)c2)n1. The van der Waals surface area contributed by atoms with Crippen LogP contribution in [0.25, 0.3) is 0 Å². The van der Waals surface area contributed by atoms with Crippen LogP contribution in [0.2, 0.25) is 0 Å². The van der Waals surface area contributed by atoms with Crippen LogP contribution in [0.5, 0.6) is 0 Å². The standard InChI is InChI=1S/C15H17FN2/c1-12-4-2-7-15(18-12)11-17-9-8-13-5-3-6-14(16)10-13/h2-7,10,17H,8-9,11H2,1H3. The Morgan fingerprint density at radius 2 is 2.00 bits per heavy atom. The summed E-state index contributed by atoms with van der Waals surface area (Å²) >= 11 is 0. The van der Waals surface area contributed by atoms with Crippen molar-refractivity contribution >= 4 is 0 Å². The van der Waals surface area contributed by atoms with Gasteiger partial charge in [-0.15, -0.1) is 0 Å². The fourth-order valence-electron chi connectivity index (χ4n) is 1.84. The van der Waals surface area contributed by atoms with Gasteiger partial charge in [0.1, 0.15) is 5.82 Å². The number of hydrogen-bond acceptors (Lipinski definition) is 2. The summed E-state index contributed by atoms with van der Waals surface area (Å²) in [5.41, 5.74) is 3.08. The lowest BCUT2D eigenvalue weighted by Gasteiger charge is -2.05. The number of nitrogens with one attached hydrogen (secondary N) is 1. The molecule has 0 amide bonds. The fourth-order valence-corrected chi connectivity index (χ4v) is 1.84. The van der Waals surface area contributed by atoms with Crippen LogP contribution in [0.3, 0.4) is 0 Å². The summed E-state index contributed by atoms with van der Waals surface area (Å²) < 4.78 is 13.0. The van der Waals surface area contributed by atoms with E-state index in [1.54, 1.807) is 12.1 Å². The summed E-state index contributed by atoms with van der Waals surface area (Å²) in [5, 5.41) is 3.31. The lowest BCUT2D eigenvalue weighted by molar-refractivity contribution is 0.622. The van der Waals surface area contributed by atoms with Gasteiger partial charge in [0, 0.05) is 12.2 Å². The number of nitrogens with zero attached hydrogens (tertiary/aromatic N) is 1. The molecule has 2 rings (SSSR count). The minimum atomic E-state index is -0.173. The highest BCUT2D eigenvalue weighted by Gasteiger charge is 1.97. The van der Waals surface area contributed by atoms with E-state index in [0.29, 0.717) is 0 Å². The van der Waals surface area contributed by atoms with E-state index in [-0.39, 0.29) is 5.82 Å². The minimum Gasteiger partial charge on any atom is -0.311 e. The van der Waals surface area contributed by atoms with Crippen molar-refractivity contribution in [3.05, 3.63) is 65.2 Å². The molecule has 1 aromatic carbocycles. The molecule has 0 atom stereocenters. The molecule has 0 fully saturated rings. The zero-order valence-electron chi connectivity index (χ0n) is 10.5. The highest BCUT2D eigenvalue weighted by molar-refractivity contribution is 5.16. The van der Waals surface area contributed by atoms with Crippen molar-refractivity contribution in [1.29, 1.82) is 0 Å². The average molecular weight is 244 g/mol. The summed E-state index contributed by atoms with van der Waals surface area (Å²) in [6.07, 6.45) is 0.823. The quantitative estimate of drug-likeness (QED) is 0.818. The van der Waals surface area contributed by atoms with Crippen LogP contribution in [0.1, 0.15) is 17.0 Å². The van der Waals surface area contributed by atoms with Crippen LogP contribution in [-0.2, 0) is 13.0 Å². The van der Waals surface area contributed by atoms with Crippen molar-refractivity contribution in [2.45, 2.75) is 19.9 Å². The van der Waals surface area contributed by atoms with Gasteiger partial charge in [-0.1, -0.05) is 18.2 Å². The molecule has 0 aliphatic heterocycles. The molecule has 18 heavy (non-hydrogen) atoms. The first kappa shape index (κ1) is 12.7. The van der Waals surface area contributed by atoms with Gasteiger partial charge in [0.25, 0.3) is 0 Å². The van der Waals surface area contributed by atoms with Crippen LogP contribution in [0.15, 0.2) is 42.5 Å². The molecule has 0 aliphatic carbocycles. The molecule has 2 aromatic rings. The number of aromatic nitrogens is 1. The van der Waals surface area contributed by atoms with Gasteiger partial charge < -0.3 is 5.32 Å². The molecule has 1 heterocycles. The van der Waals surface area contributed by atoms with Crippen LogP contribution in [-0.4, -0.2) is 11.5 Å². The van der Waals surface area contributed by atoms with Gasteiger partial charge in [0.2, 0.25) is 0 Å². The Bertz CT molecular complexity index is 464. The zero-order valence-corrected chi connectivity index (χ0v) is 10.5. The normalized spacial score (nSPS) is 10.6. The second-order valence-electron chi connectivity index (χ2n) is 4.33. The second kappa shape index (κ2) is 6.26. The molecule has 0 unspecified atom stereocenters. The van der Waals surface area contributed by atoms with E-state index in [1.807, 2.05) is 31.2 Å². The van der Waals surface area contributed by atoms with Crippen LogP contribution in [0.4, 0.5) is 4.39 Å². The average Bonchev–Trinajstić information content (AvgIpc) is 2.35. The predicted octanol–water partition coefficient (Wildman–Crippen LogP) is 2.86. The fraction of sp³-hybridized carbons (Fsp3) is 0.267. The van der Waals surface area contributed by atoms with E-state index in [0.717, 1.165) is 36.5 Å². The number of hydrogen-bond donors (Lipinski definition) is 1. The van der Waals surface area contributed by atoms with E-state index in [1.165, 1.54) is 6.07 Å². The third-order valence-corrected chi connectivity index (χ3v) is 2.73. The van der Waals surface area contributed by atoms with Crippen molar-refractivity contribution in [1.82, 2.24) is 10.3 Å². The number of rotatable bonds is 5. The third-order valence-electron chi connectivity index (χ3n) is 2.73. The molecule has 0 aliphatic rings. The van der Waals surface area contributed by atoms with Crippen molar-refractivity contribution in [2.24, 2.45) is 0 Å². The van der Waals surface area contributed by atoms with Gasteiger partial charge in [-0.05, 0) is 49.7 Å². The third kappa shape index (κ3) is 3.93. The zero-order chi connectivity index (χ0) is 12.8. The molecule has 0 spiro atoms. The van der Waals surface area contributed by atoms with E-state index >= 15 is 0 Å². The summed E-state index contributed by atoms with van der Waals surface area (Å²) in [5.74, 6) is -0.173. The lowest BCUT2D eigenvalue weighted by Crippen LogP contribution is -2.17. The molecule has 0 bridgehead atoms.